The molecule has 0 bridgehead atoms. The highest BCUT2D eigenvalue weighted by Gasteiger charge is 2.32. The van der Waals surface area contributed by atoms with E-state index in [1.165, 1.54) is 18.2 Å². The number of anilines is 3. The predicted octanol–water partition coefficient (Wildman–Crippen LogP) is 4.45. The third kappa shape index (κ3) is 6.57. The molecule has 1 aromatic carbocycles. The minimum atomic E-state index is -4.67. The molecule has 2 N–H and O–H groups in total. The molecule has 176 valence electrons. The van der Waals surface area contributed by atoms with Crippen LogP contribution in [0, 0.1) is 5.82 Å². The van der Waals surface area contributed by atoms with Crippen LogP contribution >= 0.6 is 0 Å². The lowest BCUT2D eigenvalue weighted by atomic mass is 10.1. The van der Waals surface area contributed by atoms with Crippen LogP contribution in [-0.2, 0) is 16.0 Å². The molecular weight excluding hydrogens is 464 g/mol. The summed E-state index contributed by atoms with van der Waals surface area (Å²) < 4.78 is 76.9. The molecule has 2 heterocycles. The van der Waals surface area contributed by atoms with Crippen molar-refractivity contribution in [2.24, 2.45) is 0 Å². The van der Waals surface area contributed by atoms with E-state index < -0.39 is 33.1 Å². The SMILES string of the molecule is CC(C)(C)Nc1nc(Nc2cc(F)cc(S(C)(=O)=O)c2)nc(-c2cccc(C(F)(F)F)n2)n1. The Morgan fingerprint density at radius 2 is 1.58 bits per heavy atom. The van der Waals surface area contributed by atoms with Crippen LogP contribution in [0.3, 0.4) is 0 Å². The summed E-state index contributed by atoms with van der Waals surface area (Å²) in [6.45, 7) is 5.45. The monoisotopic (exact) mass is 484 g/mol. The van der Waals surface area contributed by atoms with Gasteiger partial charge in [0.1, 0.15) is 17.2 Å². The van der Waals surface area contributed by atoms with Crippen molar-refractivity contribution in [2.75, 3.05) is 16.9 Å². The molecule has 0 saturated carbocycles. The predicted molar refractivity (Wildman–Crippen MR) is 114 cm³/mol. The molecule has 8 nitrogen and oxygen atoms in total. The first-order valence-corrected chi connectivity index (χ1v) is 11.4. The molecule has 0 spiro atoms. The number of aromatic nitrogens is 4. The minimum Gasteiger partial charge on any atom is -0.349 e. The number of sulfone groups is 1. The van der Waals surface area contributed by atoms with Gasteiger partial charge in [0.15, 0.2) is 15.7 Å². The fourth-order valence-electron chi connectivity index (χ4n) is 2.63. The zero-order chi connectivity index (χ0) is 24.6. The first kappa shape index (κ1) is 24.3. The molecule has 0 amide bonds. The molecule has 0 aliphatic rings. The summed E-state index contributed by atoms with van der Waals surface area (Å²) in [5, 5.41) is 5.67. The van der Waals surface area contributed by atoms with Crippen molar-refractivity contribution in [3.63, 3.8) is 0 Å². The Morgan fingerprint density at radius 1 is 0.909 bits per heavy atom. The number of nitrogens with zero attached hydrogens (tertiary/aromatic N) is 4. The van der Waals surface area contributed by atoms with Crippen LogP contribution in [0.1, 0.15) is 26.5 Å². The summed E-state index contributed by atoms with van der Waals surface area (Å²) in [4.78, 5) is 15.7. The Labute approximate surface area is 187 Å². The molecule has 0 aliphatic carbocycles. The van der Waals surface area contributed by atoms with Crippen molar-refractivity contribution in [2.45, 2.75) is 37.4 Å². The molecule has 3 rings (SSSR count). The maximum atomic E-state index is 14.0. The summed E-state index contributed by atoms with van der Waals surface area (Å²) in [6.07, 6.45) is -3.74. The first-order valence-electron chi connectivity index (χ1n) is 9.47. The van der Waals surface area contributed by atoms with E-state index in [-0.39, 0.29) is 34.0 Å². The highest BCUT2D eigenvalue weighted by atomic mass is 32.2. The smallest absolute Gasteiger partial charge is 0.349 e. The van der Waals surface area contributed by atoms with E-state index >= 15 is 0 Å². The van der Waals surface area contributed by atoms with E-state index in [2.05, 4.69) is 30.6 Å². The number of alkyl halides is 3. The maximum absolute atomic E-state index is 14.0. The van der Waals surface area contributed by atoms with Gasteiger partial charge < -0.3 is 10.6 Å². The van der Waals surface area contributed by atoms with Crippen LogP contribution in [-0.4, -0.2) is 40.1 Å². The van der Waals surface area contributed by atoms with Crippen LogP contribution < -0.4 is 10.6 Å². The molecule has 2 aromatic heterocycles. The van der Waals surface area contributed by atoms with Crippen LogP contribution in [0.25, 0.3) is 11.5 Å². The molecule has 13 heteroatoms. The normalized spacial score (nSPS) is 12.5. The summed E-state index contributed by atoms with van der Waals surface area (Å²) >= 11 is 0. The van der Waals surface area contributed by atoms with E-state index in [1.54, 1.807) is 0 Å². The Balaban J connectivity index is 2.10. The molecule has 0 fully saturated rings. The third-order valence-electron chi connectivity index (χ3n) is 3.95. The number of rotatable bonds is 5. The number of halogens is 4. The van der Waals surface area contributed by atoms with Crippen molar-refractivity contribution < 1.29 is 26.0 Å². The summed E-state index contributed by atoms with van der Waals surface area (Å²) in [6, 6.07) is 6.36. The van der Waals surface area contributed by atoms with Gasteiger partial charge in [-0.05, 0) is 51.1 Å². The van der Waals surface area contributed by atoms with Gasteiger partial charge >= 0.3 is 6.18 Å². The second kappa shape index (κ2) is 8.54. The quantitative estimate of drug-likeness (QED) is 0.512. The van der Waals surface area contributed by atoms with Crippen LogP contribution in [0.4, 0.5) is 35.1 Å². The zero-order valence-corrected chi connectivity index (χ0v) is 18.8. The first-order chi connectivity index (χ1) is 15.1. The van der Waals surface area contributed by atoms with Gasteiger partial charge in [-0.1, -0.05) is 6.07 Å². The maximum Gasteiger partial charge on any atom is 0.433 e. The standard InChI is InChI=1S/C20H20F4N6O2S/c1-19(2,3)30-18-28-16(14-6-5-7-15(26-14)20(22,23)24)27-17(29-18)25-12-8-11(21)9-13(10-12)33(4,31)32/h5-10H,1-4H3,(H2,25,27,28,29,30). The lowest BCUT2D eigenvalue weighted by molar-refractivity contribution is -0.141. The van der Waals surface area contributed by atoms with Gasteiger partial charge in [0.25, 0.3) is 0 Å². The number of hydrogen-bond acceptors (Lipinski definition) is 8. The lowest BCUT2D eigenvalue weighted by Crippen LogP contribution is -2.27. The van der Waals surface area contributed by atoms with Crippen LogP contribution in [0.5, 0.6) is 0 Å². The molecule has 33 heavy (non-hydrogen) atoms. The molecule has 0 saturated heterocycles. The van der Waals surface area contributed by atoms with E-state index in [0.29, 0.717) is 0 Å². The van der Waals surface area contributed by atoms with E-state index in [4.69, 9.17) is 0 Å². The number of pyridine rings is 1. The fourth-order valence-corrected chi connectivity index (χ4v) is 3.30. The second-order valence-corrected chi connectivity index (χ2v) is 10.2. The highest BCUT2D eigenvalue weighted by Crippen LogP contribution is 2.29. The van der Waals surface area contributed by atoms with E-state index in [1.807, 2.05) is 20.8 Å². The minimum absolute atomic E-state index is 0.0197. The molecule has 0 radical (unpaired) electrons. The second-order valence-electron chi connectivity index (χ2n) is 8.16. The molecule has 0 atom stereocenters. The van der Waals surface area contributed by atoms with Crippen LogP contribution in [0.15, 0.2) is 41.3 Å². The van der Waals surface area contributed by atoms with Gasteiger partial charge in [0.05, 0.1) is 4.90 Å². The summed E-state index contributed by atoms with van der Waals surface area (Å²) in [5.41, 5.74) is -1.78. The fraction of sp³-hybridized carbons (Fsp3) is 0.300. The highest BCUT2D eigenvalue weighted by molar-refractivity contribution is 7.90. The Morgan fingerprint density at radius 3 is 2.18 bits per heavy atom. The van der Waals surface area contributed by atoms with Gasteiger partial charge in [0.2, 0.25) is 11.9 Å². The molecule has 0 unspecified atom stereocenters. The van der Waals surface area contributed by atoms with Crippen LogP contribution in [0.2, 0.25) is 0 Å². The average Bonchev–Trinajstić information content (AvgIpc) is 2.64. The van der Waals surface area contributed by atoms with Gasteiger partial charge in [0, 0.05) is 17.5 Å². The molecule has 3 aromatic rings. The van der Waals surface area contributed by atoms with Crippen molar-refractivity contribution in [3.05, 3.63) is 47.9 Å². The van der Waals surface area contributed by atoms with Gasteiger partial charge in [-0.2, -0.15) is 28.1 Å². The third-order valence-corrected chi connectivity index (χ3v) is 5.04. The summed E-state index contributed by atoms with van der Waals surface area (Å²) in [7, 11) is -3.70. The van der Waals surface area contributed by atoms with Crippen molar-refractivity contribution in [3.8, 4) is 11.5 Å². The lowest BCUT2D eigenvalue weighted by Gasteiger charge is -2.21. The number of benzene rings is 1. The molecular formula is C20H20F4N6O2S. The number of nitrogens with one attached hydrogen (secondary N) is 2. The Kier molecular flexibility index (Phi) is 6.29. The largest absolute Gasteiger partial charge is 0.433 e. The van der Waals surface area contributed by atoms with Gasteiger partial charge in [-0.15, -0.1) is 0 Å². The van der Waals surface area contributed by atoms with E-state index in [0.717, 1.165) is 24.5 Å². The topological polar surface area (TPSA) is 110 Å². The van der Waals surface area contributed by atoms with E-state index in [9.17, 15) is 26.0 Å². The van der Waals surface area contributed by atoms with Crippen molar-refractivity contribution >= 4 is 27.4 Å². The van der Waals surface area contributed by atoms with Crippen molar-refractivity contribution in [1.82, 2.24) is 19.9 Å². The van der Waals surface area contributed by atoms with Gasteiger partial charge in [-0.25, -0.2) is 17.8 Å². The molecule has 0 aliphatic heterocycles. The Hall–Kier alpha value is -3.35. The van der Waals surface area contributed by atoms with Gasteiger partial charge in [-0.3, -0.25) is 0 Å². The summed E-state index contributed by atoms with van der Waals surface area (Å²) in [5.74, 6) is -1.13. The van der Waals surface area contributed by atoms with Crippen molar-refractivity contribution in [1.29, 1.82) is 0 Å². The number of hydrogen-bond donors (Lipinski definition) is 2. The zero-order valence-electron chi connectivity index (χ0n) is 18.0. The average molecular weight is 484 g/mol. The Bertz CT molecular complexity index is 1290.